The number of rotatable bonds is 2. The van der Waals surface area contributed by atoms with Gasteiger partial charge in [0, 0.05) is 17.8 Å². The number of carbonyl (C=O) groups is 1. The van der Waals surface area contributed by atoms with Gasteiger partial charge in [0.25, 0.3) is 0 Å². The van der Waals surface area contributed by atoms with Crippen molar-refractivity contribution in [3.63, 3.8) is 0 Å². The zero-order valence-corrected chi connectivity index (χ0v) is 10.1. The molecule has 0 spiro atoms. The minimum atomic E-state index is -0.463. The Hall–Kier alpha value is -3.05. The molecule has 92 valence electrons. The fourth-order valence-electron chi connectivity index (χ4n) is 1.73. The summed E-state index contributed by atoms with van der Waals surface area (Å²) in [5, 5.41) is 18.3. The number of nitrogens with zero attached hydrogens (tertiary/aromatic N) is 2. The van der Waals surface area contributed by atoms with Crippen LogP contribution in [0.25, 0.3) is 17.0 Å². The summed E-state index contributed by atoms with van der Waals surface area (Å²) in [6.07, 6.45) is 1.36. The van der Waals surface area contributed by atoms with E-state index in [2.05, 4.69) is 4.98 Å². The van der Waals surface area contributed by atoms with E-state index in [9.17, 15) is 4.79 Å². The highest BCUT2D eigenvalue weighted by atomic mass is 16.5. The Morgan fingerprint density at radius 1 is 1.32 bits per heavy atom. The Labute approximate surface area is 109 Å². The van der Waals surface area contributed by atoms with Crippen molar-refractivity contribution in [3.8, 4) is 17.9 Å². The number of para-hydroxylation sites is 1. The van der Waals surface area contributed by atoms with E-state index in [1.807, 2.05) is 18.2 Å². The summed E-state index contributed by atoms with van der Waals surface area (Å²) in [4.78, 5) is 14.2. The summed E-state index contributed by atoms with van der Waals surface area (Å²) in [6.45, 7) is 1.30. The lowest BCUT2D eigenvalue weighted by Crippen LogP contribution is -2.02. The molecule has 5 heteroatoms. The molecular formula is C14H9N3O2. The van der Waals surface area contributed by atoms with Crippen LogP contribution in [0.15, 0.2) is 29.8 Å². The molecule has 0 atom stereocenters. The van der Waals surface area contributed by atoms with E-state index < -0.39 is 5.97 Å². The fraction of sp³-hybridized carbons (Fsp3) is 0.0714. The molecule has 5 nitrogen and oxygen atoms in total. The number of aromatic amines is 1. The fourth-order valence-corrected chi connectivity index (χ4v) is 1.73. The number of aromatic nitrogens is 1. The second kappa shape index (κ2) is 5.07. The Morgan fingerprint density at radius 2 is 2.00 bits per heavy atom. The number of fused-ring (bicyclic) bond motifs is 1. The first-order valence-corrected chi connectivity index (χ1v) is 5.46. The van der Waals surface area contributed by atoms with Crippen LogP contribution in [0.5, 0.6) is 5.75 Å². The molecule has 1 aromatic heterocycles. The molecule has 0 unspecified atom stereocenters. The van der Waals surface area contributed by atoms with Gasteiger partial charge in [0.2, 0.25) is 0 Å². The first-order chi connectivity index (χ1) is 9.15. The van der Waals surface area contributed by atoms with E-state index in [4.69, 9.17) is 15.3 Å². The molecule has 0 saturated carbocycles. The van der Waals surface area contributed by atoms with Crippen LogP contribution < -0.4 is 4.74 Å². The van der Waals surface area contributed by atoms with Gasteiger partial charge in [-0.3, -0.25) is 4.79 Å². The van der Waals surface area contributed by atoms with Gasteiger partial charge in [0.15, 0.2) is 5.75 Å². The van der Waals surface area contributed by atoms with Crippen molar-refractivity contribution in [2.75, 3.05) is 0 Å². The van der Waals surface area contributed by atoms with Crippen molar-refractivity contribution < 1.29 is 9.53 Å². The third-order valence-corrected chi connectivity index (χ3v) is 2.46. The van der Waals surface area contributed by atoms with Gasteiger partial charge >= 0.3 is 5.97 Å². The van der Waals surface area contributed by atoms with Gasteiger partial charge in [-0.05, 0) is 18.2 Å². The summed E-state index contributed by atoms with van der Waals surface area (Å²) in [6, 6.07) is 10.8. The van der Waals surface area contributed by atoms with Crippen molar-refractivity contribution >= 4 is 22.9 Å². The van der Waals surface area contributed by atoms with E-state index in [1.165, 1.54) is 13.0 Å². The van der Waals surface area contributed by atoms with Gasteiger partial charge in [0.05, 0.1) is 5.69 Å². The third kappa shape index (κ3) is 2.46. The Kier molecular flexibility index (Phi) is 3.31. The Balaban J connectivity index is 2.67. The zero-order valence-electron chi connectivity index (χ0n) is 10.1. The average molecular weight is 251 g/mol. The largest absolute Gasteiger partial charge is 0.424 e. The molecule has 0 saturated heterocycles. The first-order valence-electron chi connectivity index (χ1n) is 5.46. The molecule has 2 rings (SSSR count). The predicted octanol–water partition coefficient (Wildman–Crippen LogP) is 2.52. The van der Waals surface area contributed by atoms with Crippen LogP contribution in [0.4, 0.5) is 0 Å². The molecule has 0 bridgehead atoms. The number of allylic oxidation sites excluding steroid dienone is 1. The lowest BCUT2D eigenvalue weighted by Gasteiger charge is -2.00. The molecule has 1 aromatic carbocycles. The van der Waals surface area contributed by atoms with Crippen LogP contribution in [-0.2, 0) is 4.79 Å². The lowest BCUT2D eigenvalue weighted by atomic mass is 10.2. The lowest BCUT2D eigenvalue weighted by molar-refractivity contribution is -0.131. The number of hydrogen-bond donors (Lipinski definition) is 1. The van der Waals surface area contributed by atoms with E-state index in [0.29, 0.717) is 11.4 Å². The summed E-state index contributed by atoms with van der Waals surface area (Å²) in [5.41, 5.74) is 1.12. The zero-order chi connectivity index (χ0) is 13.8. The number of benzene rings is 1. The minimum absolute atomic E-state index is 0.0695. The van der Waals surface area contributed by atoms with Crippen LogP contribution in [0.2, 0.25) is 0 Å². The highest BCUT2D eigenvalue weighted by Crippen LogP contribution is 2.31. The molecule has 19 heavy (non-hydrogen) atoms. The maximum atomic E-state index is 11.1. The number of esters is 1. The number of hydrogen-bond acceptors (Lipinski definition) is 4. The molecule has 0 aliphatic carbocycles. The quantitative estimate of drug-likeness (QED) is 0.656. The van der Waals surface area contributed by atoms with E-state index in [-0.39, 0.29) is 5.57 Å². The molecular weight excluding hydrogens is 242 g/mol. The highest BCUT2D eigenvalue weighted by molar-refractivity contribution is 5.93. The van der Waals surface area contributed by atoms with Gasteiger partial charge < -0.3 is 9.72 Å². The molecule has 2 aromatic rings. The van der Waals surface area contributed by atoms with Gasteiger partial charge in [-0.15, -0.1) is 0 Å². The number of ether oxygens (including phenoxy) is 1. The van der Waals surface area contributed by atoms with Crippen LogP contribution in [0.3, 0.4) is 0 Å². The molecule has 0 radical (unpaired) electrons. The van der Waals surface area contributed by atoms with Gasteiger partial charge in [0.1, 0.15) is 17.7 Å². The maximum absolute atomic E-state index is 11.1. The second-order valence-electron chi connectivity index (χ2n) is 3.79. The Morgan fingerprint density at radius 3 is 2.63 bits per heavy atom. The maximum Gasteiger partial charge on any atom is 0.308 e. The van der Waals surface area contributed by atoms with E-state index in [0.717, 1.165) is 10.9 Å². The minimum Gasteiger partial charge on any atom is -0.424 e. The molecule has 1 N–H and O–H groups in total. The summed E-state index contributed by atoms with van der Waals surface area (Å²) < 4.78 is 5.15. The molecule has 1 heterocycles. The van der Waals surface area contributed by atoms with Crippen LogP contribution in [-0.4, -0.2) is 11.0 Å². The standard InChI is InChI=1S/C14H9N3O2/c1-9(18)19-14-11-4-2-3-5-12(11)17-13(14)6-10(7-15)8-16/h2-6,17H,1H3. The normalized spacial score (nSPS) is 9.42. The van der Waals surface area contributed by atoms with Crippen LogP contribution in [0, 0.1) is 22.7 Å². The van der Waals surface area contributed by atoms with Crippen molar-refractivity contribution in [2.45, 2.75) is 6.92 Å². The average Bonchev–Trinajstić information content (AvgIpc) is 2.73. The SMILES string of the molecule is CC(=O)Oc1c(C=C(C#N)C#N)[nH]c2ccccc12. The summed E-state index contributed by atoms with van der Waals surface area (Å²) in [7, 11) is 0. The molecule has 0 fully saturated rings. The molecule has 0 amide bonds. The van der Waals surface area contributed by atoms with Gasteiger partial charge in [-0.2, -0.15) is 10.5 Å². The van der Waals surface area contributed by atoms with Crippen molar-refractivity contribution in [1.82, 2.24) is 4.98 Å². The number of nitriles is 2. The van der Waals surface area contributed by atoms with Crippen LogP contribution in [0.1, 0.15) is 12.6 Å². The van der Waals surface area contributed by atoms with Crippen LogP contribution >= 0.6 is 0 Å². The third-order valence-electron chi connectivity index (χ3n) is 2.46. The predicted molar refractivity (Wildman–Crippen MR) is 68.8 cm³/mol. The molecule has 0 aliphatic heterocycles. The van der Waals surface area contributed by atoms with Gasteiger partial charge in [-0.1, -0.05) is 12.1 Å². The van der Waals surface area contributed by atoms with Gasteiger partial charge in [-0.25, -0.2) is 0 Å². The molecule has 0 aliphatic rings. The monoisotopic (exact) mass is 251 g/mol. The topological polar surface area (TPSA) is 89.7 Å². The van der Waals surface area contributed by atoms with Crippen molar-refractivity contribution in [3.05, 3.63) is 35.5 Å². The smallest absolute Gasteiger partial charge is 0.308 e. The summed E-state index contributed by atoms with van der Waals surface area (Å²) in [5.74, 6) is -0.138. The highest BCUT2D eigenvalue weighted by Gasteiger charge is 2.13. The second-order valence-corrected chi connectivity index (χ2v) is 3.79. The first kappa shape index (κ1) is 12.4. The van der Waals surface area contributed by atoms with E-state index in [1.54, 1.807) is 18.2 Å². The number of carbonyl (C=O) groups excluding carboxylic acids is 1. The van der Waals surface area contributed by atoms with Crippen molar-refractivity contribution in [2.24, 2.45) is 0 Å². The van der Waals surface area contributed by atoms with Crippen molar-refractivity contribution in [1.29, 1.82) is 10.5 Å². The number of H-pyrrole nitrogens is 1. The number of nitrogens with one attached hydrogen (secondary N) is 1. The summed E-state index contributed by atoms with van der Waals surface area (Å²) >= 11 is 0. The van der Waals surface area contributed by atoms with E-state index >= 15 is 0 Å². The Bertz CT molecular complexity index is 741.